The van der Waals surface area contributed by atoms with E-state index in [4.69, 9.17) is 5.84 Å². The number of amides is 1. The summed E-state index contributed by atoms with van der Waals surface area (Å²) in [6.45, 7) is 3.65. The van der Waals surface area contributed by atoms with Gasteiger partial charge in [0.05, 0.1) is 0 Å². The number of nitrogens with two attached hydrogens (primary N) is 1. The van der Waals surface area contributed by atoms with Crippen molar-refractivity contribution in [2.45, 2.75) is 13.8 Å². The van der Waals surface area contributed by atoms with E-state index < -0.39 is 5.91 Å². The highest BCUT2D eigenvalue weighted by molar-refractivity contribution is 6.01. The van der Waals surface area contributed by atoms with E-state index in [1.165, 1.54) is 6.07 Å². The topological polar surface area (TPSA) is 119 Å². The molecule has 0 atom stereocenters. The number of hydrazine groups is 1. The fraction of sp³-hybridized carbons (Fsp3) is 0.182. The maximum Gasteiger partial charge on any atom is 0.278 e. The third kappa shape index (κ3) is 3.19. The van der Waals surface area contributed by atoms with Gasteiger partial charge in [-0.25, -0.2) is 15.8 Å². The highest BCUT2D eigenvalue weighted by Crippen LogP contribution is 2.06. The number of nitrogens with one attached hydrogen (secondary N) is 2. The number of aryl methyl sites for hydroxylation is 2. The maximum absolute atomic E-state index is 11.9. The Labute approximate surface area is 109 Å². The quantitative estimate of drug-likeness (QED) is 0.540. The number of hydrogen-bond acceptors (Lipinski definition) is 7. The van der Waals surface area contributed by atoms with Gasteiger partial charge in [-0.3, -0.25) is 10.1 Å². The summed E-state index contributed by atoms with van der Waals surface area (Å²) in [5.41, 5.74) is 4.03. The van der Waals surface area contributed by atoms with Crippen molar-refractivity contribution in [2.24, 2.45) is 5.84 Å². The van der Waals surface area contributed by atoms with Gasteiger partial charge < -0.3 is 5.43 Å². The first kappa shape index (κ1) is 12.8. The molecule has 0 saturated heterocycles. The highest BCUT2D eigenvalue weighted by Gasteiger charge is 2.10. The second kappa shape index (κ2) is 5.36. The number of rotatable bonds is 3. The van der Waals surface area contributed by atoms with Crippen molar-refractivity contribution in [2.75, 3.05) is 10.7 Å². The van der Waals surface area contributed by atoms with Gasteiger partial charge in [-0.2, -0.15) is 0 Å². The number of carbonyl (C=O) groups is 1. The molecule has 0 aliphatic rings. The zero-order chi connectivity index (χ0) is 13.8. The average Bonchev–Trinajstić information content (AvgIpc) is 2.37. The monoisotopic (exact) mass is 259 g/mol. The Bertz CT molecular complexity index is 576. The van der Waals surface area contributed by atoms with E-state index in [1.807, 2.05) is 19.9 Å². The number of anilines is 2. The summed E-state index contributed by atoms with van der Waals surface area (Å²) >= 11 is 0. The molecule has 0 aliphatic carbocycles. The first-order valence-corrected chi connectivity index (χ1v) is 5.52. The molecule has 19 heavy (non-hydrogen) atoms. The van der Waals surface area contributed by atoms with Crippen LogP contribution in [0.15, 0.2) is 18.2 Å². The van der Waals surface area contributed by atoms with Gasteiger partial charge in [-0.05, 0) is 32.0 Å². The summed E-state index contributed by atoms with van der Waals surface area (Å²) in [7, 11) is 0. The van der Waals surface area contributed by atoms with Crippen molar-refractivity contribution in [1.82, 2.24) is 20.2 Å². The maximum atomic E-state index is 11.9. The molecule has 2 aromatic rings. The van der Waals surface area contributed by atoms with Crippen molar-refractivity contribution in [1.29, 1.82) is 0 Å². The molecule has 8 heteroatoms. The van der Waals surface area contributed by atoms with Crippen LogP contribution in [-0.4, -0.2) is 26.1 Å². The van der Waals surface area contributed by atoms with Crippen LogP contribution >= 0.6 is 0 Å². The lowest BCUT2D eigenvalue weighted by Crippen LogP contribution is -2.17. The van der Waals surface area contributed by atoms with Crippen LogP contribution in [0.1, 0.15) is 21.9 Å². The van der Waals surface area contributed by atoms with E-state index in [0.717, 1.165) is 11.4 Å². The van der Waals surface area contributed by atoms with Gasteiger partial charge in [0.25, 0.3) is 5.91 Å². The smallest absolute Gasteiger partial charge is 0.278 e. The summed E-state index contributed by atoms with van der Waals surface area (Å²) in [6.07, 6.45) is 0. The largest absolute Gasteiger partial charge is 0.307 e. The predicted molar refractivity (Wildman–Crippen MR) is 69.3 cm³/mol. The van der Waals surface area contributed by atoms with Gasteiger partial charge >= 0.3 is 0 Å². The van der Waals surface area contributed by atoms with Crippen LogP contribution < -0.4 is 16.6 Å². The summed E-state index contributed by atoms with van der Waals surface area (Å²) in [5.74, 6) is 5.35. The van der Waals surface area contributed by atoms with E-state index in [2.05, 4.69) is 30.9 Å². The lowest BCUT2D eigenvalue weighted by atomic mass is 10.3. The van der Waals surface area contributed by atoms with Crippen molar-refractivity contribution >= 4 is 17.7 Å². The van der Waals surface area contributed by atoms with E-state index in [9.17, 15) is 4.79 Å². The van der Waals surface area contributed by atoms with Gasteiger partial charge in [0.1, 0.15) is 0 Å². The molecule has 0 aliphatic heterocycles. The molecule has 98 valence electrons. The Morgan fingerprint density at radius 1 is 1.16 bits per heavy atom. The average molecular weight is 259 g/mol. The lowest BCUT2D eigenvalue weighted by Gasteiger charge is -2.05. The number of nitrogen functional groups attached to an aromatic ring is 1. The molecular weight excluding hydrogens is 246 g/mol. The molecule has 0 bridgehead atoms. The van der Waals surface area contributed by atoms with Gasteiger partial charge in [-0.1, -0.05) is 0 Å². The van der Waals surface area contributed by atoms with Crippen molar-refractivity contribution < 1.29 is 4.79 Å². The molecule has 0 spiro atoms. The summed E-state index contributed by atoms with van der Waals surface area (Å²) in [5, 5.41) is 10.00. The number of nitrogens with zero attached hydrogens (tertiary/aromatic N) is 4. The molecule has 0 saturated carbocycles. The van der Waals surface area contributed by atoms with Crippen LogP contribution in [0.2, 0.25) is 0 Å². The van der Waals surface area contributed by atoms with Crippen molar-refractivity contribution in [3.05, 3.63) is 35.3 Å². The van der Waals surface area contributed by atoms with Crippen molar-refractivity contribution in [3.63, 3.8) is 0 Å². The molecule has 0 aromatic carbocycles. The molecule has 2 heterocycles. The molecule has 2 aromatic heterocycles. The minimum atomic E-state index is -0.430. The third-order valence-electron chi connectivity index (χ3n) is 2.25. The molecule has 8 nitrogen and oxygen atoms in total. The normalized spacial score (nSPS) is 10.1. The Kier molecular flexibility index (Phi) is 3.62. The van der Waals surface area contributed by atoms with E-state index >= 15 is 0 Å². The van der Waals surface area contributed by atoms with E-state index in [0.29, 0.717) is 5.82 Å². The summed E-state index contributed by atoms with van der Waals surface area (Å²) < 4.78 is 0. The zero-order valence-corrected chi connectivity index (χ0v) is 10.5. The molecule has 1 amide bonds. The Hall–Kier alpha value is -2.61. The number of aromatic nitrogens is 4. The molecule has 4 N–H and O–H groups in total. The predicted octanol–water partition coefficient (Wildman–Crippen LogP) is 0.421. The Morgan fingerprint density at radius 3 is 2.37 bits per heavy atom. The minimum Gasteiger partial charge on any atom is -0.307 e. The van der Waals surface area contributed by atoms with Crippen LogP contribution in [-0.2, 0) is 0 Å². The first-order chi connectivity index (χ1) is 9.08. The van der Waals surface area contributed by atoms with E-state index in [1.54, 1.807) is 6.07 Å². The lowest BCUT2D eigenvalue weighted by molar-refractivity contribution is 0.102. The molecular formula is C11H13N7O. The van der Waals surface area contributed by atoms with Crippen LogP contribution in [0.25, 0.3) is 0 Å². The molecule has 2 rings (SSSR count). The van der Waals surface area contributed by atoms with Gasteiger partial charge in [0.2, 0.25) is 5.95 Å². The summed E-state index contributed by atoms with van der Waals surface area (Å²) in [4.78, 5) is 20.1. The van der Waals surface area contributed by atoms with Crippen LogP contribution in [0.3, 0.4) is 0 Å². The second-order valence-electron chi connectivity index (χ2n) is 3.88. The van der Waals surface area contributed by atoms with Gasteiger partial charge in [0.15, 0.2) is 11.5 Å². The SMILES string of the molecule is Cc1cc(C)nc(NC(=O)c2ccc(NN)nn2)n1. The molecule has 0 unspecified atom stereocenters. The fourth-order valence-electron chi connectivity index (χ4n) is 1.48. The summed E-state index contributed by atoms with van der Waals surface area (Å²) in [6, 6.07) is 4.86. The van der Waals surface area contributed by atoms with Crippen LogP contribution in [0.4, 0.5) is 11.8 Å². The third-order valence-corrected chi connectivity index (χ3v) is 2.25. The highest BCUT2D eigenvalue weighted by atomic mass is 16.2. The van der Waals surface area contributed by atoms with E-state index in [-0.39, 0.29) is 11.6 Å². The number of carbonyl (C=O) groups excluding carboxylic acids is 1. The van der Waals surface area contributed by atoms with Crippen LogP contribution in [0.5, 0.6) is 0 Å². The standard InChI is InChI=1S/C11H13N7O/c1-6-5-7(2)14-11(13-6)15-10(19)8-3-4-9(16-12)18-17-8/h3-5H,12H2,1-2H3,(H,16,18)(H,13,14,15,19). The first-order valence-electron chi connectivity index (χ1n) is 5.52. The molecule has 0 radical (unpaired) electrons. The fourth-order valence-corrected chi connectivity index (χ4v) is 1.48. The van der Waals surface area contributed by atoms with Crippen LogP contribution in [0, 0.1) is 13.8 Å². The van der Waals surface area contributed by atoms with Crippen molar-refractivity contribution in [3.8, 4) is 0 Å². The Morgan fingerprint density at radius 2 is 1.84 bits per heavy atom. The minimum absolute atomic E-state index is 0.154. The Balaban J connectivity index is 2.15. The molecule has 0 fully saturated rings. The number of hydrogen-bond donors (Lipinski definition) is 3. The van der Waals surface area contributed by atoms with Gasteiger partial charge in [-0.15, -0.1) is 10.2 Å². The zero-order valence-electron chi connectivity index (χ0n) is 10.5. The van der Waals surface area contributed by atoms with Gasteiger partial charge in [0, 0.05) is 11.4 Å². The second-order valence-corrected chi connectivity index (χ2v) is 3.88.